The molecule has 2 aromatic rings. The van der Waals surface area contributed by atoms with Crippen molar-refractivity contribution in [1.82, 2.24) is 36.4 Å². The standard InChI is InChI=1S/C48H67N7O10/c1-7-28(4)40-45(62)49-29(5)47(64)55-22-12-16-38(55)44(61)53-41(30(6)56)46(63)50-35(24-31-13-9-8-10-14-31)43(60)51-36(25-32-17-19-34(57)20-18-32)48(65)54-21-11-15-37(54)39(58)26-33(23-27(2)3)42(59)52-40/h8-10,13-14,17-20,27-30,33,35-38,40-41,56-57H,7,11-12,15-16,21-26H2,1-6H3,(H,49,62)(H,50,63)(H,51,60)(H,52,59)(H,53,61). The van der Waals surface area contributed by atoms with Crippen LogP contribution in [0.1, 0.15) is 97.6 Å². The Kier molecular flexibility index (Phi) is 17.6. The van der Waals surface area contributed by atoms with E-state index >= 15 is 0 Å². The Morgan fingerprint density at radius 3 is 1.80 bits per heavy atom. The molecule has 0 saturated carbocycles. The average molecular weight is 902 g/mol. The molecule has 5 rings (SSSR count). The Morgan fingerprint density at radius 2 is 1.18 bits per heavy atom. The van der Waals surface area contributed by atoms with Crippen molar-refractivity contribution in [2.75, 3.05) is 13.1 Å². The molecule has 7 amide bonds. The van der Waals surface area contributed by atoms with Crippen molar-refractivity contribution in [3.8, 4) is 5.75 Å². The van der Waals surface area contributed by atoms with Gasteiger partial charge in [0.05, 0.1) is 12.1 Å². The number of amides is 7. The minimum atomic E-state index is -1.57. The maximum atomic E-state index is 14.7. The fourth-order valence-electron chi connectivity index (χ4n) is 9.00. The lowest BCUT2D eigenvalue weighted by molar-refractivity contribution is -0.143. The lowest BCUT2D eigenvalue weighted by Gasteiger charge is -2.32. The van der Waals surface area contributed by atoms with Gasteiger partial charge in [-0.2, -0.15) is 0 Å². The summed E-state index contributed by atoms with van der Waals surface area (Å²) in [6.07, 6.45) is 0.519. The number of Topliss-reactive ketones (excluding diaryl/α,β-unsaturated/α-hetero) is 1. The van der Waals surface area contributed by atoms with Crippen LogP contribution in [-0.4, -0.2) is 129 Å². The van der Waals surface area contributed by atoms with Crippen LogP contribution in [0.2, 0.25) is 0 Å². The number of hydrogen-bond donors (Lipinski definition) is 7. The molecular formula is C48H67N7O10. The quantitative estimate of drug-likeness (QED) is 0.192. The van der Waals surface area contributed by atoms with Crippen molar-refractivity contribution in [2.24, 2.45) is 17.8 Å². The molecule has 2 aromatic carbocycles. The molecule has 17 nitrogen and oxygen atoms in total. The minimum absolute atomic E-state index is 0.00804. The lowest BCUT2D eigenvalue weighted by atomic mass is 9.88. The first-order valence-corrected chi connectivity index (χ1v) is 23.0. The number of benzene rings is 2. The van der Waals surface area contributed by atoms with Crippen molar-refractivity contribution in [3.63, 3.8) is 0 Å². The van der Waals surface area contributed by atoms with Crippen LogP contribution in [0.3, 0.4) is 0 Å². The van der Waals surface area contributed by atoms with E-state index in [2.05, 4.69) is 26.6 Å². The van der Waals surface area contributed by atoms with Crippen LogP contribution in [-0.2, 0) is 51.2 Å². The van der Waals surface area contributed by atoms with E-state index in [4.69, 9.17) is 0 Å². The molecule has 0 spiro atoms. The van der Waals surface area contributed by atoms with Gasteiger partial charge in [0.25, 0.3) is 0 Å². The maximum absolute atomic E-state index is 14.7. The molecule has 10 unspecified atom stereocenters. The van der Waals surface area contributed by atoms with Gasteiger partial charge in [-0.15, -0.1) is 0 Å². The molecule has 0 bridgehead atoms. The molecule has 3 fully saturated rings. The number of phenolic OH excluding ortho intramolecular Hbond substituents is 1. The summed E-state index contributed by atoms with van der Waals surface area (Å²) in [7, 11) is 0. The second-order valence-corrected chi connectivity index (χ2v) is 18.4. The highest BCUT2D eigenvalue weighted by Gasteiger charge is 2.43. The Morgan fingerprint density at radius 1 is 0.631 bits per heavy atom. The molecule has 17 heteroatoms. The summed E-state index contributed by atoms with van der Waals surface area (Å²) in [5.74, 6) is -6.19. The molecule has 10 atom stereocenters. The third kappa shape index (κ3) is 13.1. The zero-order valence-electron chi connectivity index (χ0n) is 38.4. The van der Waals surface area contributed by atoms with Gasteiger partial charge >= 0.3 is 0 Å². The summed E-state index contributed by atoms with van der Waals surface area (Å²) in [5.41, 5.74) is 1.24. The second kappa shape index (κ2) is 22.9. The van der Waals surface area contributed by atoms with Crippen LogP contribution in [0.25, 0.3) is 0 Å². The number of nitrogens with zero attached hydrogens (tertiary/aromatic N) is 2. The molecule has 7 N–H and O–H groups in total. The average Bonchev–Trinajstić information content (AvgIpc) is 3.97. The van der Waals surface area contributed by atoms with Gasteiger partial charge in [0.2, 0.25) is 41.4 Å². The molecule has 0 radical (unpaired) electrons. The van der Waals surface area contributed by atoms with E-state index in [-0.39, 0.29) is 62.1 Å². The predicted molar refractivity (Wildman–Crippen MR) is 240 cm³/mol. The highest BCUT2D eigenvalue weighted by molar-refractivity contribution is 5.99. The van der Waals surface area contributed by atoms with Crippen LogP contribution in [0.4, 0.5) is 0 Å². The van der Waals surface area contributed by atoms with Gasteiger partial charge in [-0.25, -0.2) is 0 Å². The van der Waals surface area contributed by atoms with Crippen molar-refractivity contribution in [1.29, 1.82) is 0 Å². The third-order valence-corrected chi connectivity index (χ3v) is 12.8. The Bertz CT molecular complexity index is 2030. The molecule has 3 aliphatic heterocycles. The summed E-state index contributed by atoms with van der Waals surface area (Å²) in [4.78, 5) is 117. The van der Waals surface area contributed by atoms with Crippen LogP contribution in [0, 0.1) is 17.8 Å². The minimum Gasteiger partial charge on any atom is -0.508 e. The number of phenols is 1. The van der Waals surface area contributed by atoms with E-state index in [1.54, 1.807) is 49.4 Å². The molecule has 3 heterocycles. The van der Waals surface area contributed by atoms with Gasteiger partial charge in [0.1, 0.15) is 42.0 Å². The fourth-order valence-corrected chi connectivity index (χ4v) is 9.00. The first kappa shape index (κ1) is 50.2. The van der Waals surface area contributed by atoms with Gasteiger partial charge in [-0.3, -0.25) is 38.4 Å². The fraction of sp³-hybridized carbons (Fsp3) is 0.583. The van der Waals surface area contributed by atoms with Gasteiger partial charge in [0, 0.05) is 38.3 Å². The number of rotatable bonds is 9. The van der Waals surface area contributed by atoms with Crippen molar-refractivity contribution in [3.05, 3.63) is 65.7 Å². The van der Waals surface area contributed by atoms with E-state index in [0.29, 0.717) is 43.2 Å². The van der Waals surface area contributed by atoms with Gasteiger partial charge < -0.3 is 46.6 Å². The topological polar surface area (TPSA) is 244 Å². The normalized spacial score (nSPS) is 28.0. The van der Waals surface area contributed by atoms with Crippen molar-refractivity contribution < 1.29 is 48.6 Å². The zero-order valence-corrected chi connectivity index (χ0v) is 38.4. The Balaban J connectivity index is 1.56. The zero-order chi connectivity index (χ0) is 47.5. The summed E-state index contributed by atoms with van der Waals surface area (Å²) >= 11 is 0. The molecule has 0 aliphatic carbocycles. The molecule has 354 valence electrons. The van der Waals surface area contributed by atoms with Crippen molar-refractivity contribution in [2.45, 2.75) is 148 Å². The van der Waals surface area contributed by atoms with Crippen LogP contribution < -0.4 is 26.6 Å². The number of aromatic hydroxyl groups is 1. The van der Waals surface area contributed by atoms with Crippen LogP contribution in [0.5, 0.6) is 5.75 Å². The Labute approximate surface area is 381 Å². The number of fused-ring (bicyclic) bond motifs is 2. The second-order valence-electron chi connectivity index (χ2n) is 18.4. The molecule has 3 aliphatic rings. The first-order valence-electron chi connectivity index (χ1n) is 23.0. The number of carbonyl (C=O) groups is 8. The number of aliphatic hydroxyl groups is 1. The van der Waals surface area contributed by atoms with Crippen LogP contribution in [0.15, 0.2) is 54.6 Å². The van der Waals surface area contributed by atoms with E-state index in [0.717, 1.165) is 0 Å². The summed E-state index contributed by atoms with van der Waals surface area (Å²) < 4.78 is 0. The lowest BCUT2D eigenvalue weighted by Crippen LogP contribution is -2.62. The summed E-state index contributed by atoms with van der Waals surface area (Å²) in [6.45, 7) is 10.7. The number of aliphatic hydroxyl groups excluding tert-OH is 1. The Hall–Kier alpha value is -5.84. The first-order chi connectivity index (χ1) is 30.9. The number of hydrogen-bond acceptors (Lipinski definition) is 10. The smallest absolute Gasteiger partial charge is 0.246 e. The number of ketones is 1. The van der Waals surface area contributed by atoms with Gasteiger partial charge in [-0.05, 0) is 81.0 Å². The molecule has 0 aromatic heterocycles. The predicted octanol–water partition coefficient (Wildman–Crippen LogP) is 1.67. The third-order valence-electron chi connectivity index (χ3n) is 12.8. The molecular weight excluding hydrogens is 835 g/mol. The largest absolute Gasteiger partial charge is 0.508 e. The summed E-state index contributed by atoms with van der Waals surface area (Å²) in [6, 6.07) is 6.61. The SMILES string of the molecule is CCC(C)C1NC(=O)C(CC(C)C)CC(=O)C2CCCN2C(=O)C(Cc2ccc(O)cc2)NC(=O)C(Cc2ccccc2)NC(=O)C(C(C)O)NC(=O)C2CCCN2C(=O)C(C)NC1=O. The van der Waals surface area contributed by atoms with Gasteiger partial charge in [0.15, 0.2) is 5.78 Å². The summed E-state index contributed by atoms with van der Waals surface area (Å²) in [5, 5.41) is 34.6. The number of carbonyl (C=O) groups excluding carboxylic acids is 8. The van der Waals surface area contributed by atoms with E-state index < -0.39 is 95.7 Å². The highest BCUT2D eigenvalue weighted by Crippen LogP contribution is 2.26. The van der Waals surface area contributed by atoms with E-state index in [9.17, 15) is 48.6 Å². The van der Waals surface area contributed by atoms with Gasteiger partial charge in [-0.1, -0.05) is 76.6 Å². The maximum Gasteiger partial charge on any atom is 0.246 e. The van der Waals surface area contributed by atoms with E-state index in [1.165, 1.54) is 35.8 Å². The number of nitrogens with one attached hydrogen (secondary N) is 5. The molecule has 3 saturated heterocycles. The monoisotopic (exact) mass is 901 g/mol. The van der Waals surface area contributed by atoms with Crippen LogP contribution >= 0.6 is 0 Å². The van der Waals surface area contributed by atoms with E-state index in [1.807, 2.05) is 20.8 Å². The molecule has 65 heavy (non-hydrogen) atoms. The van der Waals surface area contributed by atoms with Crippen molar-refractivity contribution >= 4 is 47.1 Å². The highest BCUT2D eigenvalue weighted by atomic mass is 16.3.